The summed E-state index contributed by atoms with van der Waals surface area (Å²) in [6.07, 6.45) is 0. The maximum Gasteiger partial charge on any atom is 0.258 e. The van der Waals surface area contributed by atoms with Gasteiger partial charge in [-0.25, -0.2) is 0 Å². The third-order valence-corrected chi connectivity index (χ3v) is 2.78. The first kappa shape index (κ1) is 16.4. The number of benzene rings is 1. The minimum atomic E-state index is -0.169. The summed E-state index contributed by atoms with van der Waals surface area (Å²) in [5.74, 6) is 0.354. The molecule has 0 bridgehead atoms. The van der Waals surface area contributed by atoms with Gasteiger partial charge in [0.2, 0.25) is 0 Å². The van der Waals surface area contributed by atoms with E-state index in [0.29, 0.717) is 11.3 Å². The molecule has 5 nitrogen and oxygen atoms in total. The van der Waals surface area contributed by atoms with Crippen molar-refractivity contribution in [3.05, 3.63) is 29.8 Å². The van der Waals surface area contributed by atoms with Gasteiger partial charge >= 0.3 is 0 Å². The molecule has 0 saturated carbocycles. The number of amides is 1. The summed E-state index contributed by atoms with van der Waals surface area (Å²) < 4.78 is 5.47. The van der Waals surface area contributed by atoms with E-state index in [1.165, 1.54) is 0 Å². The summed E-state index contributed by atoms with van der Waals surface area (Å²) >= 11 is 4.94. The third kappa shape index (κ3) is 5.54. The van der Waals surface area contributed by atoms with Crippen molar-refractivity contribution in [2.45, 2.75) is 13.0 Å². The fraction of sp³-hybridized carbons (Fsp3) is 0.429. The van der Waals surface area contributed by atoms with Crippen molar-refractivity contribution in [1.29, 1.82) is 0 Å². The number of carbonyl (C=O) groups is 1. The van der Waals surface area contributed by atoms with Gasteiger partial charge in [0.15, 0.2) is 6.61 Å². The molecule has 6 heteroatoms. The van der Waals surface area contributed by atoms with Crippen LogP contribution in [0.4, 0.5) is 0 Å². The van der Waals surface area contributed by atoms with Crippen molar-refractivity contribution in [1.82, 2.24) is 10.2 Å². The number of ether oxygens (including phenoxy) is 1. The van der Waals surface area contributed by atoms with Gasteiger partial charge in [-0.1, -0.05) is 24.4 Å². The normalized spacial score (nSPS) is 12.0. The quantitative estimate of drug-likeness (QED) is 0.727. The van der Waals surface area contributed by atoms with Gasteiger partial charge in [-0.15, -0.1) is 0 Å². The van der Waals surface area contributed by atoms with Crippen LogP contribution in [0.1, 0.15) is 12.5 Å². The number of hydrogen-bond acceptors (Lipinski definition) is 4. The lowest BCUT2D eigenvalue weighted by molar-refractivity contribution is -0.123. The van der Waals surface area contributed by atoms with Crippen molar-refractivity contribution in [3.63, 3.8) is 0 Å². The van der Waals surface area contributed by atoms with Gasteiger partial charge in [0.1, 0.15) is 10.7 Å². The van der Waals surface area contributed by atoms with Crippen molar-refractivity contribution in [2.75, 3.05) is 27.2 Å². The van der Waals surface area contributed by atoms with Crippen LogP contribution < -0.4 is 15.8 Å². The van der Waals surface area contributed by atoms with Gasteiger partial charge in [0.05, 0.1) is 5.56 Å². The standard InChI is InChI=1S/C14H21N3O2S/c1-10(8-17(2)3)16-13(18)9-19-12-7-5-4-6-11(12)14(15)20/h4-7,10H,8-9H2,1-3H3,(H2,15,20)(H,16,18). The Morgan fingerprint density at radius 3 is 2.70 bits per heavy atom. The largest absolute Gasteiger partial charge is 0.483 e. The molecule has 1 amide bonds. The van der Waals surface area contributed by atoms with E-state index in [9.17, 15) is 4.79 Å². The van der Waals surface area contributed by atoms with E-state index in [0.717, 1.165) is 6.54 Å². The SMILES string of the molecule is CC(CN(C)C)NC(=O)COc1ccccc1C(N)=S. The first-order chi connectivity index (χ1) is 9.40. The van der Waals surface area contributed by atoms with Crippen LogP contribution in [0.2, 0.25) is 0 Å². The Balaban J connectivity index is 2.51. The zero-order valence-corrected chi connectivity index (χ0v) is 12.9. The van der Waals surface area contributed by atoms with Crippen molar-refractivity contribution >= 4 is 23.1 Å². The number of nitrogens with two attached hydrogens (primary N) is 1. The molecule has 0 saturated heterocycles. The molecule has 1 unspecified atom stereocenters. The van der Waals surface area contributed by atoms with Gasteiger partial charge in [0.25, 0.3) is 5.91 Å². The molecule has 1 atom stereocenters. The zero-order valence-electron chi connectivity index (χ0n) is 12.1. The van der Waals surface area contributed by atoms with Crippen LogP contribution in [0.5, 0.6) is 5.75 Å². The highest BCUT2D eigenvalue weighted by molar-refractivity contribution is 7.80. The lowest BCUT2D eigenvalue weighted by atomic mass is 10.2. The number of carbonyl (C=O) groups excluding carboxylic acids is 1. The molecule has 0 aliphatic heterocycles. The van der Waals surface area contributed by atoms with Crippen LogP contribution in [-0.4, -0.2) is 49.1 Å². The third-order valence-electron chi connectivity index (χ3n) is 2.56. The first-order valence-electron chi connectivity index (χ1n) is 6.36. The van der Waals surface area contributed by atoms with Crippen molar-refractivity contribution in [2.24, 2.45) is 5.73 Å². The second-order valence-corrected chi connectivity index (χ2v) is 5.32. The van der Waals surface area contributed by atoms with Gasteiger partial charge in [-0.3, -0.25) is 4.79 Å². The molecule has 1 rings (SSSR count). The highest BCUT2D eigenvalue weighted by atomic mass is 32.1. The predicted octanol–water partition coefficient (Wildman–Crippen LogP) is 0.766. The maximum absolute atomic E-state index is 11.8. The summed E-state index contributed by atoms with van der Waals surface area (Å²) in [5.41, 5.74) is 6.24. The van der Waals surface area contributed by atoms with Crippen molar-refractivity contribution < 1.29 is 9.53 Å². The van der Waals surface area contributed by atoms with Gasteiger partial charge in [-0.05, 0) is 33.2 Å². The molecule has 0 spiro atoms. The molecule has 110 valence electrons. The molecule has 20 heavy (non-hydrogen) atoms. The smallest absolute Gasteiger partial charge is 0.258 e. The topological polar surface area (TPSA) is 67.6 Å². The second kappa shape index (κ2) is 7.81. The van der Waals surface area contributed by atoms with E-state index in [1.54, 1.807) is 12.1 Å². The van der Waals surface area contributed by atoms with Crippen LogP contribution in [0.3, 0.4) is 0 Å². The second-order valence-electron chi connectivity index (χ2n) is 4.88. The monoisotopic (exact) mass is 295 g/mol. The van der Waals surface area contributed by atoms with Crippen LogP contribution in [0.15, 0.2) is 24.3 Å². The van der Waals surface area contributed by atoms with Gasteiger partial charge in [-0.2, -0.15) is 0 Å². The minimum Gasteiger partial charge on any atom is -0.483 e. The molecule has 0 radical (unpaired) electrons. The number of rotatable bonds is 7. The number of likely N-dealkylation sites (N-methyl/N-ethyl adjacent to an activating group) is 1. The Morgan fingerprint density at radius 1 is 1.45 bits per heavy atom. The molecular weight excluding hydrogens is 274 g/mol. The van der Waals surface area contributed by atoms with E-state index in [1.807, 2.05) is 38.1 Å². The Morgan fingerprint density at radius 2 is 2.10 bits per heavy atom. The van der Waals surface area contributed by atoms with E-state index < -0.39 is 0 Å². The first-order valence-corrected chi connectivity index (χ1v) is 6.76. The molecule has 1 aromatic rings. The summed E-state index contributed by atoms with van der Waals surface area (Å²) in [7, 11) is 3.91. The van der Waals surface area contributed by atoms with Crippen LogP contribution >= 0.6 is 12.2 Å². The number of para-hydroxylation sites is 1. The van der Waals surface area contributed by atoms with Crippen LogP contribution in [0.25, 0.3) is 0 Å². The predicted molar refractivity (Wildman–Crippen MR) is 84.0 cm³/mol. The van der Waals surface area contributed by atoms with Gasteiger partial charge in [0, 0.05) is 12.6 Å². The Kier molecular flexibility index (Phi) is 6.41. The molecule has 0 aliphatic rings. The molecule has 0 aliphatic carbocycles. The number of nitrogens with zero attached hydrogens (tertiary/aromatic N) is 1. The number of thiocarbonyl (C=S) groups is 1. The van der Waals surface area contributed by atoms with Crippen LogP contribution in [-0.2, 0) is 4.79 Å². The Labute approximate surface area is 125 Å². The van der Waals surface area contributed by atoms with E-state index in [2.05, 4.69) is 5.32 Å². The fourth-order valence-corrected chi connectivity index (χ4v) is 2.02. The lowest BCUT2D eigenvalue weighted by Crippen LogP contribution is -2.41. The van der Waals surface area contributed by atoms with Gasteiger partial charge < -0.3 is 20.7 Å². The van der Waals surface area contributed by atoms with Crippen molar-refractivity contribution in [3.8, 4) is 5.75 Å². The average molecular weight is 295 g/mol. The summed E-state index contributed by atoms with van der Waals surface area (Å²) in [6.45, 7) is 2.66. The number of hydrogen-bond donors (Lipinski definition) is 2. The summed E-state index contributed by atoms with van der Waals surface area (Å²) in [6, 6.07) is 7.20. The molecule has 1 aromatic carbocycles. The van der Waals surface area contributed by atoms with E-state index in [4.69, 9.17) is 22.7 Å². The average Bonchev–Trinajstić information content (AvgIpc) is 2.35. The van der Waals surface area contributed by atoms with E-state index >= 15 is 0 Å². The summed E-state index contributed by atoms with van der Waals surface area (Å²) in [5, 5.41) is 2.86. The molecular formula is C14H21N3O2S. The molecule has 0 fully saturated rings. The molecule has 0 aromatic heterocycles. The summed E-state index contributed by atoms with van der Waals surface area (Å²) in [4.78, 5) is 14.0. The fourth-order valence-electron chi connectivity index (χ4n) is 1.85. The Hall–Kier alpha value is -1.66. The van der Waals surface area contributed by atoms with E-state index in [-0.39, 0.29) is 23.5 Å². The minimum absolute atomic E-state index is 0.0581. The maximum atomic E-state index is 11.8. The lowest BCUT2D eigenvalue weighted by Gasteiger charge is -2.18. The molecule has 3 N–H and O–H groups in total. The highest BCUT2D eigenvalue weighted by Gasteiger charge is 2.11. The number of nitrogens with one attached hydrogen (secondary N) is 1. The Bertz CT molecular complexity index is 477. The van der Waals surface area contributed by atoms with Crippen LogP contribution in [0, 0.1) is 0 Å². The highest BCUT2D eigenvalue weighted by Crippen LogP contribution is 2.17. The zero-order chi connectivity index (χ0) is 15.1. The molecule has 0 heterocycles.